The molecule has 0 heterocycles. The van der Waals surface area contributed by atoms with Gasteiger partial charge in [0.2, 0.25) is 0 Å². The zero-order valence-electron chi connectivity index (χ0n) is 9.50. The first kappa shape index (κ1) is 11.7. The van der Waals surface area contributed by atoms with Crippen molar-refractivity contribution in [3.05, 3.63) is 35.4 Å². The quantitative estimate of drug-likeness (QED) is 0.773. The Morgan fingerprint density at radius 3 is 2.60 bits per heavy atom. The van der Waals surface area contributed by atoms with E-state index in [1.54, 1.807) is 6.07 Å². The van der Waals surface area contributed by atoms with Crippen LogP contribution in [0.5, 0.6) is 0 Å². The van der Waals surface area contributed by atoms with E-state index >= 15 is 0 Å². The van der Waals surface area contributed by atoms with Gasteiger partial charge in [0, 0.05) is 17.6 Å². The van der Waals surface area contributed by atoms with Crippen LogP contribution in [0, 0.1) is 0 Å². The predicted molar refractivity (Wildman–Crippen MR) is 61.6 cm³/mol. The maximum atomic E-state index is 11.8. The number of nitrogens with two attached hydrogens (primary N) is 1. The molecule has 1 rings (SSSR count). The summed E-state index contributed by atoms with van der Waals surface area (Å²) in [6.45, 7) is 6.32. The third-order valence-corrected chi connectivity index (χ3v) is 1.91. The minimum atomic E-state index is -0.212. The van der Waals surface area contributed by atoms with Crippen LogP contribution < -0.4 is 11.1 Å². The van der Waals surface area contributed by atoms with Crippen LogP contribution in [0.4, 0.5) is 0 Å². The average Bonchev–Trinajstić information content (AvgIpc) is 2.15. The smallest absolute Gasteiger partial charge is 0.251 e. The molecular weight excluding hydrogens is 188 g/mol. The monoisotopic (exact) mass is 206 g/mol. The summed E-state index contributed by atoms with van der Waals surface area (Å²) in [5.74, 6) is -0.0576. The molecule has 1 aromatic rings. The molecule has 3 heteroatoms. The highest BCUT2D eigenvalue weighted by molar-refractivity contribution is 5.94. The van der Waals surface area contributed by atoms with Crippen LogP contribution in [0.2, 0.25) is 0 Å². The number of benzene rings is 1. The van der Waals surface area contributed by atoms with Gasteiger partial charge in [-0.2, -0.15) is 0 Å². The van der Waals surface area contributed by atoms with Gasteiger partial charge in [-0.25, -0.2) is 0 Å². The topological polar surface area (TPSA) is 55.1 Å². The summed E-state index contributed by atoms with van der Waals surface area (Å²) < 4.78 is 0. The largest absolute Gasteiger partial charge is 0.347 e. The van der Waals surface area contributed by atoms with Gasteiger partial charge in [0.15, 0.2) is 0 Å². The second kappa shape index (κ2) is 4.45. The molecule has 0 fully saturated rings. The Morgan fingerprint density at radius 2 is 2.07 bits per heavy atom. The fraction of sp³-hybridized carbons (Fsp3) is 0.417. The molecule has 1 amide bonds. The first-order valence-corrected chi connectivity index (χ1v) is 5.04. The van der Waals surface area contributed by atoms with Crippen molar-refractivity contribution in [2.24, 2.45) is 5.73 Å². The molecule has 15 heavy (non-hydrogen) atoms. The molecule has 0 spiro atoms. The summed E-state index contributed by atoms with van der Waals surface area (Å²) in [4.78, 5) is 11.8. The van der Waals surface area contributed by atoms with Crippen molar-refractivity contribution in [2.45, 2.75) is 32.9 Å². The second-order valence-electron chi connectivity index (χ2n) is 4.61. The summed E-state index contributed by atoms with van der Waals surface area (Å²) in [7, 11) is 0. The first-order chi connectivity index (χ1) is 6.92. The highest BCUT2D eigenvalue weighted by atomic mass is 16.1. The fourth-order valence-corrected chi connectivity index (χ4v) is 1.25. The van der Waals surface area contributed by atoms with Crippen molar-refractivity contribution < 1.29 is 4.79 Å². The Morgan fingerprint density at radius 1 is 1.40 bits per heavy atom. The lowest BCUT2D eigenvalue weighted by molar-refractivity contribution is 0.0919. The van der Waals surface area contributed by atoms with E-state index in [4.69, 9.17) is 5.73 Å². The molecule has 0 bridgehead atoms. The van der Waals surface area contributed by atoms with Gasteiger partial charge in [0.25, 0.3) is 5.91 Å². The first-order valence-electron chi connectivity index (χ1n) is 5.04. The van der Waals surface area contributed by atoms with Crippen LogP contribution >= 0.6 is 0 Å². The lowest BCUT2D eigenvalue weighted by Gasteiger charge is -2.20. The van der Waals surface area contributed by atoms with E-state index in [0.717, 1.165) is 5.56 Å². The van der Waals surface area contributed by atoms with Crippen molar-refractivity contribution in [1.82, 2.24) is 5.32 Å². The molecule has 3 N–H and O–H groups in total. The second-order valence-corrected chi connectivity index (χ2v) is 4.61. The molecule has 0 radical (unpaired) electrons. The van der Waals surface area contributed by atoms with Gasteiger partial charge in [-0.15, -0.1) is 0 Å². The van der Waals surface area contributed by atoms with Crippen LogP contribution in [0.25, 0.3) is 0 Å². The predicted octanol–water partition coefficient (Wildman–Crippen LogP) is 1.67. The Kier molecular flexibility index (Phi) is 3.48. The molecule has 0 aromatic heterocycles. The summed E-state index contributed by atoms with van der Waals surface area (Å²) >= 11 is 0. The maximum Gasteiger partial charge on any atom is 0.251 e. The van der Waals surface area contributed by atoms with Gasteiger partial charge >= 0.3 is 0 Å². The molecule has 3 nitrogen and oxygen atoms in total. The Labute approximate surface area is 90.7 Å². The number of nitrogens with one attached hydrogen (secondary N) is 1. The molecule has 1 aromatic carbocycles. The summed E-state index contributed by atoms with van der Waals surface area (Å²) in [6, 6.07) is 7.37. The van der Waals surface area contributed by atoms with Gasteiger partial charge in [-0.1, -0.05) is 12.1 Å². The molecule has 0 saturated carbocycles. The highest BCUT2D eigenvalue weighted by Crippen LogP contribution is 2.07. The van der Waals surface area contributed by atoms with Gasteiger partial charge in [-0.3, -0.25) is 4.79 Å². The number of carbonyl (C=O) groups excluding carboxylic acids is 1. The SMILES string of the molecule is CC(C)(C)NC(=O)c1cccc(CN)c1. The lowest BCUT2D eigenvalue weighted by atomic mass is 10.1. The van der Waals surface area contributed by atoms with E-state index in [-0.39, 0.29) is 11.4 Å². The van der Waals surface area contributed by atoms with Gasteiger partial charge < -0.3 is 11.1 Å². The minimum absolute atomic E-state index is 0.0576. The number of hydrogen-bond donors (Lipinski definition) is 2. The molecule has 0 unspecified atom stereocenters. The van der Waals surface area contributed by atoms with Crippen LogP contribution in [-0.4, -0.2) is 11.4 Å². The van der Waals surface area contributed by atoms with Crippen LogP contribution in [0.1, 0.15) is 36.7 Å². The molecule has 0 aliphatic rings. The summed E-state index contributed by atoms with van der Waals surface area (Å²) in [6.07, 6.45) is 0. The van der Waals surface area contributed by atoms with Crippen molar-refractivity contribution in [2.75, 3.05) is 0 Å². The molecule has 0 atom stereocenters. The third kappa shape index (κ3) is 3.72. The van der Waals surface area contributed by atoms with Gasteiger partial charge in [-0.05, 0) is 38.5 Å². The van der Waals surface area contributed by atoms with E-state index in [1.165, 1.54) is 0 Å². The Bertz CT molecular complexity index is 353. The molecule has 0 aliphatic heterocycles. The summed E-state index contributed by atoms with van der Waals surface area (Å²) in [5.41, 5.74) is 6.93. The van der Waals surface area contributed by atoms with Gasteiger partial charge in [0.05, 0.1) is 0 Å². The van der Waals surface area contributed by atoms with Crippen molar-refractivity contribution in [1.29, 1.82) is 0 Å². The number of amides is 1. The lowest BCUT2D eigenvalue weighted by Crippen LogP contribution is -2.40. The average molecular weight is 206 g/mol. The number of hydrogen-bond acceptors (Lipinski definition) is 2. The normalized spacial score (nSPS) is 11.2. The third-order valence-electron chi connectivity index (χ3n) is 1.91. The van der Waals surface area contributed by atoms with Crippen LogP contribution in [0.15, 0.2) is 24.3 Å². The highest BCUT2D eigenvalue weighted by Gasteiger charge is 2.14. The van der Waals surface area contributed by atoms with Gasteiger partial charge in [0.1, 0.15) is 0 Å². The minimum Gasteiger partial charge on any atom is -0.347 e. The Hall–Kier alpha value is -1.35. The molecular formula is C12H18N2O. The number of rotatable bonds is 2. The Balaban J connectivity index is 2.82. The fourth-order valence-electron chi connectivity index (χ4n) is 1.25. The van der Waals surface area contributed by atoms with Crippen molar-refractivity contribution in [3.63, 3.8) is 0 Å². The van der Waals surface area contributed by atoms with E-state index < -0.39 is 0 Å². The van der Waals surface area contributed by atoms with Crippen LogP contribution in [0.3, 0.4) is 0 Å². The van der Waals surface area contributed by atoms with E-state index in [2.05, 4.69) is 5.32 Å². The zero-order valence-corrected chi connectivity index (χ0v) is 9.50. The molecule has 82 valence electrons. The molecule has 0 saturated heterocycles. The van der Waals surface area contributed by atoms with E-state index in [9.17, 15) is 4.79 Å². The molecule has 0 aliphatic carbocycles. The van der Waals surface area contributed by atoms with Crippen LogP contribution in [-0.2, 0) is 6.54 Å². The summed E-state index contributed by atoms with van der Waals surface area (Å²) in [5, 5.41) is 2.91. The zero-order chi connectivity index (χ0) is 11.5. The number of carbonyl (C=O) groups is 1. The van der Waals surface area contributed by atoms with E-state index in [0.29, 0.717) is 12.1 Å². The van der Waals surface area contributed by atoms with Crippen molar-refractivity contribution in [3.8, 4) is 0 Å². The standard InChI is InChI=1S/C12H18N2O/c1-12(2,3)14-11(15)10-6-4-5-9(7-10)8-13/h4-7H,8,13H2,1-3H3,(H,14,15). The maximum absolute atomic E-state index is 11.8. The van der Waals surface area contributed by atoms with Crippen molar-refractivity contribution >= 4 is 5.91 Å². The van der Waals surface area contributed by atoms with E-state index in [1.807, 2.05) is 39.0 Å².